The normalized spacial score (nSPS) is 11.4. The first-order chi connectivity index (χ1) is 10.6. The van der Waals surface area contributed by atoms with Gasteiger partial charge in [-0.15, -0.1) is 24.0 Å². The summed E-state index contributed by atoms with van der Waals surface area (Å²) >= 11 is 0. The van der Waals surface area contributed by atoms with Crippen molar-refractivity contribution < 1.29 is 0 Å². The largest absolute Gasteiger partial charge is 0.357 e. The molecule has 0 aliphatic carbocycles. The number of hydrogen-bond acceptors (Lipinski definition) is 2. The molecule has 0 bridgehead atoms. The van der Waals surface area contributed by atoms with Crippen LogP contribution in [0.2, 0.25) is 0 Å². The Labute approximate surface area is 158 Å². The summed E-state index contributed by atoms with van der Waals surface area (Å²) in [7, 11) is 0. The zero-order valence-electron chi connectivity index (χ0n) is 15.1. The Hall–Kier alpha value is -0.790. The van der Waals surface area contributed by atoms with Crippen molar-refractivity contribution in [1.29, 1.82) is 0 Å². The van der Waals surface area contributed by atoms with Gasteiger partial charge in [0.25, 0.3) is 0 Å². The van der Waals surface area contributed by atoms with Crippen LogP contribution in [0.15, 0.2) is 17.4 Å². The highest BCUT2D eigenvalue weighted by Crippen LogP contribution is 2.05. The molecule has 0 atom stereocenters. The molecule has 0 saturated carbocycles. The molecule has 6 heteroatoms. The monoisotopic (exact) mass is 435 g/mol. The van der Waals surface area contributed by atoms with Crippen molar-refractivity contribution in [1.82, 2.24) is 20.4 Å². The first-order valence-electron chi connectivity index (χ1n) is 8.63. The maximum absolute atomic E-state index is 4.62. The molecule has 23 heavy (non-hydrogen) atoms. The minimum Gasteiger partial charge on any atom is -0.357 e. The van der Waals surface area contributed by atoms with Gasteiger partial charge in [0.15, 0.2) is 5.96 Å². The Morgan fingerprint density at radius 3 is 2.65 bits per heavy atom. The molecule has 0 saturated heterocycles. The van der Waals surface area contributed by atoms with Crippen LogP contribution in [0.5, 0.6) is 0 Å². The SMILES string of the molecule is CCNC(=NCCCn1cc(C)cn1)NCCCCC(C)C.I. The summed E-state index contributed by atoms with van der Waals surface area (Å²) in [6.07, 6.45) is 8.76. The number of halogens is 1. The summed E-state index contributed by atoms with van der Waals surface area (Å²) in [6.45, 7) is 12.4. The fourth-order valence-corrected chi connectivity index (χ4v) is 2.24. The number of nitrogens with zero attached hydrogens (tertiary/aromatic N) is 3. The number of aliphatic imine (C=N–C) groups is 1. The smallest absolute Gasteiger partial charge is 0.191 e. The Morgan fingerprint density at radius 1 is 1.26 bits per heavy atom. The fraction of sp³-hybridized carbons (Fsp3) is 0.765. The Bertz CT molecular complexity index is 428. The summed E-state index contributed by atoms with van der Waals surface area (Å²) in [5, 5.41) is 11.0. The van der Waals surface area contributed by atoms with Gasteiger partial charge in [0.2, 0.25) is 0 Å². The molecule has 0 spiro atoms. The molecule has 1 aromatic heterocycles. The van der Waals surface area contributed by atoms with Crippen LogP contribution in [-0.4, -0.2) is 35.4 Å². The van der Waals surface area contributed by atoms with E-state index in [0.717, 1.165) is 44.5 Å². The molecule has 0 amide bonds. The summed E-state index contributed by atoms with van der Waals surface area (Å²) in [5.74, 6) is 1.73. The third-order valence-electron chi connectivity index (χ3n) is 3.42. The van der Waals surface area contributed by atoms with Crippen LogP contribution in [-0.2, 0) is 6.54 Å². The van der Waals surface area contributed by atoms with E-state index in [9.17, 15) is 0 Å². The molecule has 0 fully saturated rings. The van der Waals surface area contributed by atoms with Gasteiger partial charge in [-0.2, -0.15) is 5.10 Å². The van der Waals surface area contributed by atoms with Crippen molar-refractivity contribution in [2.24, 2.45) is 10.9 Å². The van der Waals surface area contributed by atoms with Crippen LogP contribution >= 0.6 is 24.0 Å². The molecule has 134 valence electrons. The predicted molar refractivity (Wildman–Crippen MR) is 110 cm³/mol. The van der Waals surface area contributed by atoms with E-state index in [0.29, 0.717) is 0 Å². The maximum atomic E-state index is 4.62. The minimum atomic E-state index is 0. The predicted octanol–water partition coefficient (Wildman–Crippen LogP) is 3.58. The molecule has 1 aromatic rings. The van der Waals surface area contributed by atoms with E-state index in [1.807, 2.05) is 10.9 Å². The molecule has 5 nitrogen and oxygen atoms in total. The topological polar surface area (TPSA) is 54.2 Å². The van der Waals surface area contributed by atoms with Gasteiger partial charge in [0, 0.05) is 32.4 Å². The molecule has 0 radical (unpaired) electrons. The van der Waals surface area contributed by atoms with Crippen LogP contribution < -0.4 is 10.6 Å². The van der Waals surface area contributed by atoms with Crippen LogP contribution in [0, 0.1) is 12.8 Å². The van der Waals surface area contributed by atoms with Crippen LogP contribution in [0.4, 0.5) is 0 Å². The highest BCUT2D eigenvalue weighted by molar-refractivity contribution is 14.0. The van der Waals surface area contributed by atoms with E-state index in [4.69, 9.17) is 0 Å². The molecular weight excluding hydrogens is 401 g/mol. The lowest BCUT2D eigenvalue weighted by molar-refractivity contribution is 0.534. The maximum Gasteiger partial charge on any atom is 0.191 e. The molecule has 0 unspecified atom stereocenters. The zero-order chi connectivity index (χ0) is 16.2. The van der Waals surface area contributed by atoms with Gasteiger partial charge < -0.3 is 10.6 Å². The third kappa shape index (κ3) is 11.4. The van der Waals surface area contributed by atoms with E-state index in [1.54, 1.807) is 0 Å². The Kier molecular flexibility index (Phi) is 13.2. The van der Waals surface area contributed by atoms with Crippen LogP contribution in [0.3, 0.4) is 0 Å². The van der Waals surface area contributed by atoms with Crippen molar-refractivity contribution in [2.75, 3.05) is 19.6 Å². The zero-order valence-corrected chi connectivity index (χ0v) is 17.5. The lowest BCUT2D eigenvalue weighted by atomic mass is 10.1. The molecule has 0 aliphatic rings. The summed E-state index contributed by atoms with van der Waals surface area (Å²) in [4.78, 5) is 4.62. The number of aryl methyl sites for hydroxylation is 2. The van der Waals surface area contributed by atoms with Gasteiger partial charge in [0.05, 0.1) is 6.20 Å². The van der Waals surface area contributed by atoms with Crippen molar-refractivity contribution in [2.45, 2.75) is 59.9 Å². The van der Waals surface area contributed by atoms with Gasteiger partial charge in [0.1, 0.15) is 0 Å². The van der Waals surface area contributed by atoms with Gasteiger partial charge >= 0.3 is 0 Å². The first-order valence-corrected chi connectivity index (χ1v) is 8.63. The lowest BCUT2D eigenvalue weighted by Crippen LogP contribution is -2.37. The number of nitrogens with one attached hydrogen (secondary N) is 2. The van der Waals surface area contributed by atoms with Crippen molar-refractivity contribution >= 4 is 29.9 Å². The first kappa shape index (κ1) is 22.2. The van der Waals surface area contributed by atoms with E-state index in [1.165, 1.54) is 24.8 Å². The Morgan fingerprint density at radius 2 is 2.04 bits per heavy atom. The average molecular weight is 435 g/mol. The number of hydrogen-bond donors (Lipinski definition) is 2. The van der Waals surface area contributed by atoms with E-state index in [2.05, 4.69) is 54.6 Å². The average Bonchev–Trinajstić information content (AvgIpc) is 2.88. The molecule has 1 heterocycles. The second-order valence-electron chi connectivity index (χ2n) is 6.21. The van der Waals surface area contributed by atoms with Crippen molar-refractivity contribution in [3.63, 3.8) is 0 Å². The fourth-order valence-electron chi connectivity index (χ4n) is 2.24. The quantitative estimate of drug-likeness (QED) is 0.256. The van der Waals surface area contributed by atoms with Crippen molar-refractivity contribution in [3.8, 4) is 0 Å². The number of unbranched alkanes of at least 4 members (excludes halogenated alkanes) is 1. The van der Waals surface area contributed by atoms with Gasteiger partial charge in [-0.3, -0.25) is 9.67 Å². The summed E-state index contributed by atoms with van der Waals surface area (Å²) in [5.41, 5.74) is 1.21. The molecule has 0 aliphatic heterocycles. The van der Waals surface area contributed by atoms with E-state index >= 15 is 0 Å². The second-order valence-corrected chi connectivity index (χ2v) is 6.21. The molecule has 2 N–H and O–H groups in total. The minimum absolute atomic E-state index is 0. The molecule has 0 aromatic carbocycles. The lowest BCUT2D eigenvalue weighted by Gasteiger charge is -2.11. The summed E-state index contributed by atoms with van der Waals surface area (Å²) in [6, 6.07) is 0. The molecule has 1 rings (SSSR count). The van der Waals surface area contributed by atoms with Crippen LogP contribution in [0.1, 0.15) is 52.0 Å². The van der Waals surface area contributed by atoms with E-state index in [-0.39, 0.29) is 24.0 Å². The van der Waals surface area contributed by atoms with Crippen molar-refractivity contribution in [3.05, 3.63) is 18.0 Å². The highest BCUT2D eigenvalue weighted by Gasteiger charge is 1.98. The second kappa shape index (κ2) is 13.6. The molecular formula is C17H34IN5. The van der Waals surface area contributed by atoms with Gasteiger partial charge in [-0.1, -0.05) is 26.7 Å². The van der Waals surface area contributed by atoms with Gasteiger partial charge in [-0.25, -0.2) is 0 Å². The Balaban J connectivity index is 0.00000484. The highest BCUT2D eigenvalue weighted by atomic mass is 127. The number of rotatable bonds is 10. The van der Waals surface area contributed by atoms with Gasteiger partial charge in [-0.05, 0) is 38.2 Å². The number of aromatic nitrogens is 2. The van der Waals surface area contributed by atoms with Crippen LogP contribution in [0.25, 0.3) is 0 Å². The number of guanidine groups is 1. The standard InChI is InChI=1S/C17H33N5.HI/c1-5-18-17(19-10-7-6-9-15(2)3)20-11-8-12-22-14-16(4)13-21-22;/h13-15H,5-12H2,1-4H3,(H2,18,19,20);1H. The summed E-state index contributed by atoms with van der Waals surface area (Å²) < 4.78 is 1.98. The van der Waals surface area contributed by atoms with E-state index < -0.39 is 0 Å². The third-order valence-corrected chi connectivity index (χ3v) is 3.42.